The zero-order valence-corrected chi connectivity index (χ0v) is 11.5. The molecule has 1 unspecified atom stereocenters. The van der Waals surface area contributed by atoms with E-state index >= 15 is 0 Å². The summed E-state index contributed by atoms with van der Waals surface area (Å²) in [4.78, 5) is 12.1. The summed E-state index contributed by atoms with van der Waals surface area (Å²) in [6.45, 7) is 1.90. The van der Waals surface area contributed by atoms with Gasteiger partial charge in [0.25, 0.3) is 5.91 Å². The number of carbonyl (C=O) groups excluding carboxylic acids is 1. The third-order valence-corrected chi connectivity index (χ3v) is 3.08. The van der Waals surface area contributed by atoms with Gasteiger partial charge >= 0.3 is 0 Å². The number of nitrogens with one attached hydrogen (secondary N) is 1. The Morgan fingerprint density at radius 2 is 1.80 bits per heavy atom. The lowest BCUT2D eigenvalue weighted by molar-refractivity contribution is 0.0939. The Morgan fingerprint density at radius 1 is 1.15 bits per heavy atom. The van der Waals surface area contributed by atoms with Crippen molar-refractivity contribution in [2.75, 3.05) is 7.11 Å². The maximum absolute atomic E-state index is 12.1. The number of benzene rings is 2. The first-order chi connectivity index (χ1) is 9.61. The number of para-hydroxylation sites is 1. The molecule has 2 aromatic rings. The van der Waals surface area contributed by atoms with Crippen LogP contribution in [0.3, 0.4) is 0 Å². The molecule has 0 fully saturated rings. The van der Waals surface area contributed by atoms with E-state index in [9.17, 15) is 9.90 Å². The van der Waals surface area contributed by atoms with E-state index in [-0.39, 0.29) is 17.7 Å². The van der Waals surface area contributed by atoms with Crippen LogP contribution in [0.15, 0.2) is 48.5 Å². The molecular formula is C16H17NO3. The van der Waals surface area contributed by atoms with E-state index in [1.807, 2.05) is 31.2 Å². The van der Waals surface area contributed by atoms with Gasteiger partial charge in [-0.05, 0) is 37.3 Å². The monoisotopic (exact) mass is 271 g/mol. The van der Waals surface area contributed by atoms with Gasteiger partial charge < -0.3 is 15.2 Å². The lowest BCUT2D eigenvalue weighted by Gasteiger charge is -2.17. The quantitative estimate of drug-likeness (QED) is 0.899. The van der Waals surface area contributed by atoms with E-state index in [0.717, 1.165) is 11.3 Å². The van der Waals surface area contributed by atoms with Crippen LogP contribution < -0.4 is 10.1 Å². The Bertz CT molecular complexity index is 593. The number of methoxy groups -OCH3 is 1. The first-order valence-corrected chi connectivity index (χ1v) is 6.34. The largest absolute Gasteiger partial charge is 0.508 e. The smallest absolute Gasteiger partial charge is 0.251 e. The van der Waals surface area contributed by atoms with Crippen LogP contribution in [0.1, 0.15) is 28.9 Å². The predicted molar refractivity (Wildman–Crippen MR) is 77.0 cm³/mol. The summed E-state index contributed by atoms with van der Waals surface area (Å²) in [5.41, 5.74) is 1.42. The fourth-order valence-corrected chi connectivity index (χ4v) is 1.99. The van der Waals surface area contributed by atoms with Gasteiger partial charge in [0.05, 0.1) is 13.2 Å². The third-order valence-electron chi connectivity index (χ3n) is 3.08. The van der Waals surface area contributed by atoms with Crippen LogP contribution in [0.25, 0.3) is 0 Å². The Hall–Kier alpha value is -2.49. The lowest BCUT2D eigenvalue weighted by atomic mass is 10.1. The number of hydrogen-bond acceptors (Lipinski definition) is 3. The Morgan fingerprint density at radius 3 is 2.45 bits per heavy atom. The Balaban J connectivity index is 2.13. The van der Waals surface area contributed by atoms with Gasteiger partial charge in [-0.2, -0.15) is 0 Å². The van der Waals surface area contributed by atoms with Gasteiger partial charge in [-0.1, -0.05) is 18.2 Å². The molecule has 0 spiro atoms. The van der Waals surface area contributed by atoms with E-state index in [4.69, 9.17) is 4.74 Å². The topological polar surface area (TPSA) is 58.6 Å². The molecule has 2 rings (SSSR count). The van der Waals surface area contributed by atoms with E-state index in [1.165, 1.54) is 12.1 Å². The minimum Gasteiger partial charge on any atom is -0.508 e. The number of ether oxygens (including phenoxy) is 1. The zero-order valence-electron chi connectivity index (χ0n) is 11.5. The second-order valence-corrected chi connectivity index (χ2v) is 4.48. The van der Waals surface area contributed by atoms with Crippen molar-refractivity contribution in [1.82, 2.24) is 5.32 Å². The molecule has 0 radical (unpaired) electrons. The van der Waals surface area contributed by atoms with Crippen LogP contribution in [-0.4, -0.2) is 18.1 Å². The molecule has 4 heteroatoms. The van der Waals surface area contributed by atoms with Gasteiger partial charge in [-0.15, -0.1) is 0 Å². The van der Waals surface area contributed by atoms with Crippen molar-refractivity contribution in [2.24, 2.45) is 0 Å². The summed E-state index contributed by atoms with van der Waals surface area (Å²) < 4.78 is 5.29. The summed E-state index contributed by atoms with van der Waals surface area (Å²) in [7, 11) is 1.60. The van der Waals surface area contributed by atoms with Crippen LogP contribution in [-0.2, 0) is 0 Å². The Labute approximate surface area is 118 Å². The van der Waals surface area contributed by atoms with Gasteiger partial charge in [-0.25, -0.2) is 0 Å². The van der Waals surface area contributed by atoms with Crippen LogP contribution >= 0.6 is 0 Å². The second-order valence-electron chi connectivity index (χ2n) is 4.48. The predicted octanol–water partition coefficient (Wildman–Crippen LogP) is 2.89. The first-order valence-electron chi connectivity index (χ1n) is 6.34. The van der Waals surface area contributed by atoms with E-state index in [0.29, 0.717) is 5.56 Å². The molecule has 0 saturated carbocycles. The highest BCUT2D eigenvalue weighted by Crippen LogP contribution is 2.24. The van der Waals surface area contributed by atoms with Crippen LogP contribution in [0.2, 0.25) is 0 Å². The van der Waals surface area contributed by atoms with E-state index in [1.54, 1.807) is 19.2 Å². The normalized spacial score (nSPS) is 11.7. The number of aromatic hydroxyl groups is 1. The molecule has 4 nitrogen and oxygen atoms in total. The van der Waals surface area contributed by atoms with Crippen molar-refractivity contribution < 1.29 is 14.6 Å². The average Bonchev–Trinajstić information content (AvgIpc) is 2.47. The summed E-state index contributed by atoms with van der Waals surface area (Å²) in [6.07, 6.45) is 0. The summed E-state index contributed by atoms with van der Waals surface area (Å²) in [5, 5.41) is 12.1. The number of phenols is 1. The molecule has 1 atom stereocenters. The summed E-state index contributed by atoms with van der Waals surface area (Å²) >= 11 is 0. The molecule has 0 heterocycles. The van der Waals surface area contributed by atoms with E-state index in [2.05, 4.69) is 5.32 Å². The van der Waals surface area contributed by atoms with Crippen molar-refractivity contribution >= 4 is 5.91 Å². The summed E-state index contributed by atoms with van der Waals surface area (Å²) in [6, 6.07) is 13.5. The minimum atomic E-state index is -0.191. The third kappa shape index (κ3) is 3.09. The molecule has 104 valence electrons. The maximum Gasteiger partial charge on any atom is 0.251 e. The molecule has 20 heavy (non-hydrogen) atoms. The van der Waals surface area contributed by atoms with Gasteiger partial charge in [-0.3, -0.25) is 4.79 Å². The van der Waals surface area contributed by atoms with Crippen LogP contribution in [0.5, 0.6) is 11.5 Å². The van der Waals surface area contributed by atoms with Crippen LogP contribution in [0.4, 0.5) is 0 Å². The van der Waals surface area contributed by atoms with Gasteiger partial charge in [0.2, 0.25) is 0 Å². The molecule has 0 aliphatic carbocycles. The maximum atomic E-state index is 12.1. The number of amides is 1. The lowest BCUT2D eigenvalue weighted by Crippen LogP contribution is -2.26. The average molecular weight is 271 g/mol. The molecule has 0 aromatic heterocycles. The van der Waals surface area contributed by atoms with Gasteiger partial charge in [0.15, 0.2) is 0 Å². The number of carbonyl (C=O) groups is 1. The van der Waals surface area contributed by atoms with Crippen molar-refractivity contribution in [3.63, 3.8) is 0 Å². The number of phenolic OH excluding ortho intramolecular Hbond substituents is 1. The molecule has 0 saturated heterocycles. The molecule has 2 aromatic carbocycles. The fourth-order valence-electron chi connectivity index (χ4n) is 1.99. The molecule has 2 N–H and O–H groups in total. The molecule has 0 bridgehead atoms. The molecule has 0 aliphatic rings. The summed E-state index contributed by atoms with van der Waals surface area (Å²) in [5.74, 6) is 0.689. The Kier molecular flexibility index (Phi) is 4.25. The highest BCUT2D eigenvalue weighted by molar-refractivity contribution is 5.94. The van der Waals surface area contributed by atoms with Crippen molar-refractivity contribution in [1.29, 1.82) is 0 Å². The van der Waals surface area contributed by atoms with Crippen LogP contribution in [0, 0.1) is 0 Å². The number of hydrogen-bond donors (Lipinski definition) is 2. The highest BCUT2D eigenvalue weighted by Gasteiger charge is 2.14. The van der Waals surface area contributed by atoms with Crippen molar-refractivity contribution in [2.45, 2.75) is 13.0 Å². The second kappa shape index (κ2) is 6.10. The minimum absolute atomic E-state index is 0.138. The molecule has 1 amide bonds. The first kappa shape index (κ1) is 13.9. The fraction of sp³-hybridized carbons (Fsp3) is 0.188. The van der Waals surface area contributed by atoms with E-state index < -0.39 is 0 Å². The standard InChI is InChI=1S/C16H17NO3/c1-11(14-5-3-4-6-15(14)20-2)17-16(19)12-7-9-13(18)10-8-12/h3-11,18H,1-2H3,(H,17,19). The SMILES string of the molecule is COc1ccccc1C(C)NC(=O)c1ccc(O)cc1. The zero-order chi connectivity index (χ0) is 14.5. The van der Waals surface area contributed by atoms with Gasteiger partial charge in [0.1, 0.15) is 11.5 Å². The van der Waals surface area contributed by atoms with Crippen molar-refractivity contribution in [3.05, 3.63) is 59.7 Å². The molecule has 0 aliphatic heterocycles. The highest BCUT2D eigenvalue weighted by atomic mass is 16.5. The number of rotatable bonds is 4. The van der Waals surface area contributed by atoms with Gasteiger partial charge in [0, 0.05) is 11.1 Å². The molecular weight excluding hydrogens is 254 g/mol. The van der Waals surface area contributed by atoms with Crippen molar-refractivity contribution in [3.8, 4) is 11.5 Å².